The Kier molecular flexibility index (Phi) is 5.85. The van der Waals surface area contributed by atoms with Crippen molar-refractivity contribution in [2.75, 3.05) is 31.1 Å². The van der Waals surface area contributed by atoms with Crippen molar-refractivity contribution in [1.29, 1.82) is 0 Å². The standard InChI is InChI=1S/C19H19FN4O.ClH/c20-16-6-4-15(5-7-16)18-13-17(25-22-18)14-23-9-11-24(12-10-23)19-3-1-2-8-21-19;/h1-8,13H,9-12,14H2;1H. The van der Waals surface area contributed by atoms with Gasteiger partial charge in [-0.25, -0.2) is 9.37 Å². The molecule has 0 spiro atoms. The zero-order valence-corrected chi connectivity index (χ0v) is 15.0. The largest absolute Gasteiger partial charge is 0.359 e. The molecule has 1 fully saturated rings. The van der Waals surface area contributed by atoms with Crippen molar-refractivity contribution in [2.45, 2.75) is 6.54 Å². The van der Waals surface area contributed by atoms with E-state index in [-0.39, 0.29) is 18.2 Å². The summed E-state index contributed by atoms with van der Waals surface area (Å²) in [5, 5.41) is 4.10. The molecule has 1 saturated heterocycles. The van der Waals surface area contributed by atoms with E-state index in [1.165, 1.54) is 12.1 Å². The average molecular weight is 375 g/mol. The van der Waals surface area contributed by atoms with E-state index in [4.69, 9.17) is 4.52 Å². The lowest BCUT2D eigenvalue weighted by Crippen LogP contribution is -2.46. The van der Waals surface area contributed by atoms with Crippen molar-refractivity contribution in [3.8, 4) is 11.3 Å². The van der Waals surface area contributed by atoms with Crippen molar-refractivity contribution in [3.05, 3.63) is 66.3 Å². The quantitative estimate of drug-likeness (QED) is 0.698. The van der Waals surface area contributed by atoms with Gasteiger partial charge < -0.3 is 9.42 Å². The van der Waals surface area contributed by atoms with Crippen LogP contribution in [0.4, 0.5) is 10.2 Å². The molecule has 136 valence electrons. The molecule has 0 N–H and O–H groups in total. The molecule has 0 atom stereocenters. The van der Waals surface area contributed by atoms with Gasteiger partial charge in [-0.2, -0.15) is 0 Å². The fourth-order valence-corrected chi connectivity index (χ4v) is 3.04. The summed E-state index contributed by atoms with van der Waals surface area (Å²) in [5.41, 5.74) is 1.60. The topological polar surface area (TPSA) is 45.4 Å². The second-order valence-electron chi connectivity index (χ2n) is 6.14. The minimum Gasteiger partial charge on any atom is -0.359 e. The van der Waals surface area contributed by atoms with Gasteiger partial charge in [0.05, 0.1) is 6.54 Å². The van der Waals surface area contributed by atoms with Crippen molar-refractivity contribution in [2.24, 2.45) is 0 Å². The van der Waals surface area contributed by atoms with Gasteiger partial charge in [0.25, 0.3) is 0 Å². The normalized spacial score (nSPS) is 14.9. The molecule has 0 saturated carbocycles. The number of hydrogen-bond acceptors (Lipinski definition) is 5. The first-order chi connectivity index (χ1) is 12.3. The average Bonchev–Trinajstić information content (AvgIpc) is 3.12. The third-order valence-corrected chi connectivity index (χ3v) is 4.42. The van der Waals surface area contributed by atoms with Crippen LogP contribution in [-0.2, 0) is 6.54 Å². The van der Waals surface area contributed by atoms with E-state index >= 15 is 0 Å². The molecule has 0 radical (unpaired) electrons. The molecule has 3 aromatic rings. The van der Waals surface area contributed by atoms with Gasteiger partial charge in [-0.15, -0.1) is 12.4 Å². The van der Waals surface area contributed by atoms with Crippen LogP contribution in [0.5, 0.6) is 0 Å². The van der Waals surface area contributed by atoms with E-state index in [1.54, 1.807) is 12.1 Å². The number of aromatic nitrogens is 2. The summed E-state index contributed by atoms with van der Waals surface area (Å²) in [6.07, 6.45) is 1.83. The Morgan fingerprint density at radius 3 is 2.46 bits per heavy atom. The third kappa shape index (κ3) is 4.20. The Morgan fingerprint density at radius 2 is 1.77 bits per heavy atom. The molecule has 4 rings (SSSR count). The molecule has 7 heteroatoms. The molecule has 1 aromatic carbocycles. The van der Waals surface area contributed by atoms with Gasteiger partial charge in [0.2, 0.25) is 0 Å². The maximum atomic E-state index is 13.0. The van der Waals surface area contributed by atoms with Gasteiger partial charge in [-0.1, -0.05) is 11.2 Å². The van der Waals surface area contributed by atoms with Crippen molar-refractivity contribution >= 4 is 18.2 Å². The highest BCUT2D eigenvalue weighted by Gasteiger charge is 2.19. The van der Waals surface area contributed by atoms with Crippen LogP contribution in [0.3, 0.4) is 0 Å². The molecule has 0 unspecified atom stereocenters. The Balaban J connectivity index is 0.00000196. The van der Waals surface area contributed by atoms with Gasteiger partial charge in [0, 0.05) is 44.0 Å². The fraction of sp³-hybridized carbons (Fsp3) is 0.263. The minimum atomic E-state index is -0.252. The lowest BCUT2D eigenvalue weighted by molar-refractivity contribution is 0.219. The summed E-state index contributed by atoms with van der Waals surface area (Å²) >= 11 is 0. The minimum absolute atomic E-state index is 0. The first-order valence-electron chi connectivity index (χ1n) is 8.38. The molecule has 0 aliphatic carbocycles. The summed E-state index contributed by atoms with van der Waals surface area (Å²) < 4.78 is 18.5. The predicted octanol–water partition coefficient (Wildman–Crippen LogP) is 3.62. The number of nitrogens with zero attached hydrogens (tertiary/aromatic N) is 4. The Hall–Kier alpha value is -2.44. The van der Waals surface area contributed by atoms with Crippen LogP contribution in [-0.4, -0.2) is 41.2 Å². The van der Waals surface area contributed by atoms with Gasteiger partial charge in [0.15, 0.2) is 5.76 Å². The van der Waals surface area contributed by atoms with Crippen molar-refractivity contribution in [1.82, 2.24) is 15.0 Å². The summed E-state index contributed by atoms with van der Waals surface area (Å²) in [7, 11) is 0. The SMILES string of the molecule is Cl.Fc1ccc(-c2cc(CN3CCN(c4ccccn4)CC3)on2)cc1. The number of anilines is 1. The van der Waals surface area contributed by atoms with Crippen LogP contribution in [0.2, 0.25) is 0 Å². The first-order valence-corrected chi connectivity index (χ1v) is 8.38. The Labute approximate surface area is 157 Å². The molecular formula is C19H20ClFN4O. The molecule has 26 heavy (non-hydrogen) atoms. The highest BCUT2D eigenvalue weighted by molar-refractivity contribution is 5.85. The molecule has 1 aliphatic heterocycles. The van der Waals surface area contributed by atoms with Crippen molar-refractivity contribution < 1.29 is 8.91 Å². The molecule has 3 heterocycles. The van der Waals surface area contributed by atoms with Crippen molar-refractivity contribution in [3.63, 3.8) is 0 Å². The number of benzene rings is 1. The lowest BCUT2D eigenvalue weighted by atomic mass is 10.1. The molecular weight excluding hydrogens is 355 g/mol. The van der Waals surface area contributed by atoms with Crippen LogP contribution in [0.15, 0.2) is 59.3 Å². The monoisotopic (exact) mass is 374 g/mol. The van der Waals surface area contributed by atoms with E-state index in [2.05, 4.69) is 19.9 Å². The highest BCUT2D eigenvalue weighted by atomic mass is 35.5. The molecule has 2 aromatic heterocycles. The van der Waals surface area contributed by atoms with E-state index < -0.39 is 0 Å². The summed E-state index contributed by atoms with van der Waals surface area (Å²) in [6.45, 7) is 4.50. The van der Waals surface area contributed by atoms with E-state index in [9.17, 15) is 4.39 Å². The van der Waals surface area contributed by atoms with E-state index in [1.807, 2.05) is 30.5 Å². The number of pyridine rings is 1. The van der Waals surface area contributed by atoms with Crippen LogP contribution in [0, 0.1) is 5.82 Å². The second kappa shape index (κ2) is 8.29. The van der Waals surface area contributed by atoms with Crippen LogP contribution in [0.1, 0.15) is 5.76 Å². The molecule has 0 bridgehead atoms. The van der Waals surface area contributed by atoms with Crippen LogP contribution in [0.25, 0.3) is 11.3 Å². The fourth-order valence-electron chi connectivity index (χ4n) is 3.04. The Morgan fingerprint density at radius 1 is 1.00 bits per heavy atom. The van der Waals surface area contributed by atoms with Crippen LogP contribution < -0.4 is 4.90 Å². The highest BCUT2D eigenvalue weighted by Crippen LogP contribution is 2.21. The van der Waals surface area contributed by atoms with Gasteiger partial charge >= 0.3 is 0 Å². The summed E-state index contributed by atoms with van der Waals surface area (Å²) in [5.74, 6) is 1.60. The number of piperazine rings is 1. The maximum absolute atomic E-state index is 13.0. The van der Waals surface area contributed by atoms with Crippen LogP contribution >= 0.6 is 12.4 Å². The number of halogens is 2. The molecule has 1 aliphatic rings. The number of hydrogen-bond donors (Lipinski definition) is 0. The van der Waals surface area contributed by atoms with Gasteiger partial charge in [-0.05, 0) is 36.4 Å². The predicted molar refractivity (Wildman–Crippen MR) is 101 cm³/mol. The van der Waals surface area contributed by atoms with Gasteiger partial charge in [-0.3, -0.25) is 4.90 Å². The Bertz CT molecular complexity index is 817. The zero-order valence-electron chi connectivity index (χ0n) is 14.2. The molecule has 0 amide bonds. The second-order valence-corrected chi connectivity index (χ2v) is 6.14. The smallest absolute Gasteiger partial charge is 0.151 e. The zero-order chi connectivity index (χ0) is 17.1. The summed E-state index contributed by atoms with van der Waals surface area (Å²) in [6, 6.07) is 14.2. The maximum Gasteiger partial charge on any atom is 0.151 e. The molecule has 5 nitrogen and oxygen atoms in total. The first kappa shape index (κ1) is 18.4. The van der Waals surface area contributed by atoms with E-state index in [0.717, 1.165) is 55.6 Å². The van der Waals surface area contributed by atoms with E-state index in [0.29, 0.717) is 0 Å². The number of rotatable bonds is 4. The summed E-state index contributed by atoms with van der Waals surface area (Å²) in [4.78, 5) is 9.04. The van der Waals surface area contributed by atoms with Gasteiger partial charge in [0.1, 0.15) is 17.3 Å². The third-order valence-electron chi connectivity index (χ3n) is 4.42. The lowest BCUT2D eigenvalue weighted by Gasteiger charge is -2.34.